The van der Waals surface area contributed by atoms with Gasteiger partial charge in [-0.05, 0) is 32.1 Å². The number of aromatic nitrogens is 2. The van der Waals surface area contributed by atoms with Crippen LogP contribution in [0.1, 0.15) is 30.5 Å². The van der Waals surface area contributed by atoms with Crippen molar-refractivity contribution in [3.8, 4) is 5.69 Å². The Bertz CT molecular complexity index is 747. The van der Waals surface area contributed by atoms with Crippen LogP contribution in [-0.4, -0.2) is 34.2 Å². The molecule has 0 atom stereocenters. The van der Waals surface area contributed by atoms with E-state index in [1.54, 1.807) is 4.68 Å². The second kappa shape index (κ2) is 5.65. The van der Waals surface area contributed by atoms with Gasteiger partial charge in [0.05, 0.1) is 22.7 Å². The van der Waals surface area contributed by atoms with Crippen molar-refractivity contribution in [2.45, 2.75) is 31.8 Å². The monoisotopic (exact) mass is 330 g/mol. The molecule has 0 bridgehead atoms. The van der Waals surface area contributed by atoms with Crippen LogP contribution >= 0.6 is 11.6 Å². The quantitative estimate of drug-likeness (QED) is 0.920. The normalized spacial score (nSPS) is 19.7. The Morgan fingerprint density at radius 2 is 1.96 bits per heavy atom. The van der Waals surface area contributed by atoms with E-state index in [1.807, 2.05) is 37.3 Å². The van der Waals surface area contributed by atoms with E-state index in [0.717, 1.165) is 55.0 Å². The van der Waals surface area contributed by atoms with Crippen LogP contribution in [0.15, 0.2) is 35.5 Å². The molecule has 1 aromatic heterocycles. The average Bonchev–Trinajstić information content (AvgIpc) is 3.10. The van der Waals surface area contributed by atoms with E-state index in [0.29, 0.717) is 5.15 Å². The Kier molecular flexibility index (Phi) is 3.62. The number of benzene rings is 1. The minimum atomic E-state index is -0.162. The molecule has 1 saturated heterocycles. The van der Waals surface area contributed by atoms with Gasteiger partial charge in [-0.2, -0.15) is 5.10 Å². The predicted octanol–water partition coefficient (Wildman–Crippen LogP) is 3.08. The van der Waals surface area contributed by atoms with Crippen molar-refractivity contribution in [3.63, 3.8) is 0 Å². The van der Waals surface area contributed by atoms with Crippen LogP contribution in [0.4, 0.5) is 0 Å². The van der Waals surface area contributed by atoms with Gasteiger partial charge in [0, 0.05) is 19.3 Å². The lowest BCUT2D eigenvalue weighted by molar-refractivity contribution is -0.0400. The molecule has 1 spiro atoms. The predicted molar refractivity (Wildman–Crippen MR) is 90.4 cm³/mol. The van der Waals surface area contributed by atoms with Crippen molar-refractivity contribution in [3.05, 3.63) is 46.7 Å². The van der Waals surface area contributed by atoms with E-state index in [4.69, 9.17) is 16.4 Å². The second-order valence-electron chi connectivity index (χ2n) is 6.24. The summed E-state index contributed by atoms with van der Waals surface area (Å²) in [6, 6.07) is 9.91. The van der Waals surface area contributed by atoms with Crippen LogP contribution < -0.4 is 5.32 Å². The molecule has 1 aromatic carbocycles. The Morgan fingerprint density at radius 3 is 2.70 bits per heavy atom. The highest BCUT2D eigenvalue weighted by molar-refractivity contribution is 6.33. The Hall–Kier alpha value is -1.85. The topological polar surface area (TPSA) is 51.4 Å². The maximum absolute atomic E-state index is 6.62. The molecule has 5 nitrogen and oxygen atoms in total. The van der Waals surface area contributed by atoms with Crippen molar-refractivity contribution < 1.29 is 4.84 Å². The number of rotatable bonds is 2. The zero-order valence-corrected chi connectivity index (χ0v) is 13.8. The van der Waals surface area contributed by atoms with Crippen LogP contribution in [0, 0.1) is 6.92 Å². The van der Waals surface area contributed by atoms with E-state index >= 15 is 0 Å². The SMILES string of the molecule is Cc1nn(-c2ccccc2)c(Cl)c1C1=NOC2(CCNCC2)C1. The van der Waals surface area contributed by atoms with Gasteiger partial charge < -0.3 is 10.2 Å². The van der Waals surface area contributed by atoms with Crippen molar-refractivity contribution in [2.75, 3.05) is 13.1 Å². The Labute approximate surface area is 140 Å². The third kappa shape index (κ3) is 2.54. The second-order valence-corrected chi connectivity index (χ2v) is 6.60. The molecule has 1 fully saturated rings. The van der Waals surface area contributed by atoms with Gasteiger partial charge in [0.2, 0.25) is 0 Å². The molecule has 2 aliphatic heterocycles. The molecule has 2 aliphatic rings. The van der Waals surface area contributed by atoms with Gasteiger partial charge in [-0.3, -0.25) is 0 Å². The van der Waals surface area contributed by atoms with E-state index < -0.39 is 0 Å². The third-order valence-electron chi connectivity index (χ3n) is 4.65. The summed E-state index contributed by atoms with van der Waals surface area (Å²) in [7, 11) is 0. The molecule has 0 amide bonds. The smallest absolute Gasteiger partial charge is 0.145 e. The number of oxime groups is 1. The summed E-state index contributed by atoms with van der Waals surface area (Å²) < 4.78 is 1.77. The number of hydrogen-bond donors (Lipinski definition) is 1. The average molecular weight is 331 g/mol. The largest absolute Gasteiger partial charge is 0.388 e. The van der Waals surface area contributed by atoms with Crippen molar-refractivity contribution >= 4 is 17.3 Å². The van der Waals surface area contributed by atoms with Crippen LogP contribution in [0.2, 0.25) is 5.15 Å². The van der Waals surface area contributed by atoms with Gasteiger partial charge in [-0.15, -0.1) is 0 Å². The lowest BCUT2D eigenvalue weighted by Gasteiger charge is -2.30. The van der Waals surface area contributed by atoms with Crippen LogP contribution in [-0.2, 0) is 4.84 Å². The van der Waals surface area contributed by atoms with Gasteiger partial charge in [-0.25, -0.2) is 4.68 Å². The van der Waals surface area contributed by atoms with Crippen molar-refractivity contribution in [1.29, 1.82) is 0 Å². The first-order valence-corrected chi connectivity index (χ1v) is 8.33. The fraction of sp³-hybridized carbons (Fsp3) is 0.412. The minimum Gasteiger partial charge on any atom is -0.388 e. The molecule has 0 aliphatic carbocycles. The number of para-hydroxylation sites is 1. The van der Waals surface area contributed by atoms with Gasteiger partial charge >= 0.3 is 0 Å². The zero-order valence-electron chi connectivity index (χ0n) is 13.1. The highest BCUT2D eigenvalue weighted by Crippen LogP contribution is 2.36. The Morgan fingerprint density at radius 1 is 1.22 bits per heavy atom. The van der Waals surface area contributed by atoms with Gasteiger partial charge in [0.15, 0.2) is 0 Å². The van der Waals surface area contributed by atoms with Gasteiger partial charge in [0.25, 0.3) is 0 Å². The number of nitrogens with zero attached hydrogens (tertiary/aromatic N) is 3. The summed E-state index contributed by atoms with van der Waals surface area (Å²) in [5, 5.41) is 12.9. The number of nitrogens with one attached hydrogen (secondary N) is 1. The summed E-state index contributed by atoms with van der Waals surface area (Å²) in [5.41, 5.74) is 3.49. The van der Waals surface area contributed by atoms with E-state index in [1.165, 1.54) is 0 Å². The molecular weight excluding hydrogens is 312 g/mol. The molecule has 2 aromatic rings. The van der Waals surface area contributed by atoms with Crippen LogP contribution in [0.25, 0.3) is 5.69 Å². The summed E-state index contributed by atoms with van der Waals surface area (Å²) in [5.74, 6) is 0. The molecular formula is C17H19ClN4O. The molecule has 120 valence electrons. The summed E-state index contributed by atoms with van der Waals surface area (Å²) >= 11 is 6.62. The lowest BCUT2D eigenvalue weighted by atomic mass is 9.86. The Balaban J connectivity index is 1.67. The fourth-order valence-electron chi connectivity index (χ4n) is 3.37. The maximum Gasteiger partial charge on any atom is 0.145 e. The minimum absolute atomic E-state index is 0.162. The number of halogens is 1. The third-order valence-corrected chi connectivity index (χ3v) is 5.00. The molecule has 0 radical (unpaired) electrons. The molecule has 0 unspecified atom stereocenters. The van der Waals surface area contributed by atoms with E-state index in [2.05, 4.69) is 15.6 Å². The van der Waals surface area contributed by atoms with Gasteiger partial charge in [-0.1, -0.05) is 35.0 Å². The molecule has 3 heterocycles. The molecule has 6 heteroatoms. The highest BCUT2D eigenvalue weighted by atomic mass is 35.5. The number of hydrogen-bond acceptors (Lipinski definition) is 4. The van der Waals surface area contributed by atoms with E-state index in [-0.39, 0.29) is 5.60 Å². The zero-order chi connectivity index (χ0) is 15.9. The molecule has 0 saturated carbocycles. The summed E-state index contributed by atoms with van der Waals surface area (Å²) in [4.78, 5) is 5.83. The summed E-state index contributed by atoms with van der Waals surface area (Å²) in [6.45, 7) is 3.91. The summed E-state index contributed by atoms with van der Waals surface area (Å²) in [6.07, 6.45) is 2.75. The van der Waals surface area contributed by atoms with Crippen molar-refractivity contribution in [1.82, 2.24) is 15.1 Å². The van der Waals surface area contributed by atoms with Crippen molar-refractivity contribution in [2.24, 2.45) is 5.16 Å². The van der Waals surface area contributed by atoms with Crippen LogP contribution in [0.3, 0.4) is 0 Å². The number of piperidine rings is 1. The lowest BCUT2D eigenvalue weighted by Crippen LogP contribution is -2.42. The van der Waals surface area contributed by atoms with Gasteiger partial charge in [0.1, 0.15) is 10.8 Å². The van der Waals surface area contributed by atoms with E-state index in [9.17, 15) is 0 Å². The first-order valence-electron chi connectivity index (χ1n) is 7.95. The highest BCUT2D eigenvalue weighted by Gasteiger charge is 2.41. The first kappa shape index (κ1) is 14.7. The molecule has 23 heavy (non-hydrogen) atoms. The maximum atomic E-state index is 6.62. The van der Waals surface area contributed by atoms with Crippen LogP contribution in [0.5, 0.6) is 0 Å². The fourth-order valence-corrected chi connectivity index (χ4v) is 3.75. The first-order chi connectivity index (χ1) is 11.2. The number of aryl methyl sites for hydroxylation is 1. The standard InChI is InChI=1S/C17H19ClN4O/c1-12-15(14-11-17(23-21-14)7-9-19-10-8-17)16(18)22(20-12)13-5-3-2-4-6-13/h2-6,19H,7-11H2,1H3. The molecule has 1 N–H and O–H groups in total. The molecule has 4 rings (SSSR count).